The maximum Gasteiger partial charge on any atom is 0.0621 e. The third-order valence-electron chi connectivity index (χ3n) is 2.47. The van der Waals surface area contributed by atoms with Gasteiger partial charge in [-0.25, -0.2) is 0 Å². The van der Waals surface area contributed by atoms with Crippen LogP contribution in [0.3, 0.4) is 0 Å². The highest BCUT2D eigenvalue weighted by atomic mass is 79.9. The lowest BCUT2D eigenvalue weighted by Gasteiger charge is -2.09. The fourth-order valence-corrected chi connectivity index (χ4v) is 4.05. The van der Waals surface area contributed by atoms with Gasteiger partial charge in [-0.05, 0) is 35.9 Å². The summed E-state index contributed by atoms with van der Waals surface area (Å²) in [5, 5.41) is 3.61. The van der Waals surface area contributed by atoms with Crippen molar-refractivity contribution in [1.82, 2.24) is 4.98 Å². The van der Waals surface area contributed by atoms with Crippen LogP contribution < -0.4 is 0 Å². The van der Waals surface area contributed by atoms with Crippen molar-refractivity contribution in [3.63, 3.8) is 0 Å². The highest BCUT2D eigenvalue weighted by Crippen LogP contribution is 2.39. The molecular weight excluding hydrogens is 341 g/mol. The molecule has 0 radical (unpaired) electrons. The predicted molar refractivity (Wildman–Crippen MR) is 78.7 cm³/mol. The number of hydrogen-bond donors (Lipinski definition) is 0. The average molecular weight is 351 g/mol. The first-order valence-electron chi connectivity index (χ1n) is 5.05. The number of thiophene rings is 1. The van der Waals surface area contributed by atoms with E-state index in [1.165, 1.54) is 0 Å². The molecule has 1 unspecified atom stereocenters. The Bertz CT molecular complexity index is 527. The summed E-state index contributed by atoms with van der Waals surface area (Å²) in [7, 11) is 0. The first-order valence-corrected chi connectivity index (χ1v) is 7.60. The molecular formula is C12H10BrCl2NS. The number of pyridine rings is 1. The zero-order valence-electron chi connectivity index (χ0n) is 9.08. The molecule has 0 aliphatic carbocycles. The minimum atomic E-state index is 0.189. The third kappa shape index (κ3) is 3.02. The Hall–Kier alpha value is -0.0900. The van der Waals surface area contributed by atoms with Crippen LogP contribution in [-0.2, 0) is 6.42 Å². The Labute approximate surface area is 123 Å². The lowest BCUT2D eigenvalue weighted by molar-refractivity contribution is 0.963. The summed E-state index contributed by atoms with van der Waals surface area (Å²) in [5.74, 6) is 0. The number of aromatic nitrogens is 1. The van der Waals surface area contributed by atoms with Crippen LogP contribution in [0.15, 0.2) is 23.8 Å². The van der Waals surface area contributed by atoms with Gasteiger partial charge in [0.15, 0.2) is 0 Å². The Morgan fingerprint density at radius 2 is 2.24 bits per heavy atom. The Kier molecular flexibility index (Phi) is 4.47. The van der Waals surface area contributed by atoms with Crippen molar-refractivity contribution in [2.24, 2.45) is 0 Å². The Balaban J connectivity index is 2.20. The summed E-state index contributed by atoms with van der Waals surface area (Å²) in [6.45, 7) is 2.02. The number of nitrogens with zero attached hydrogens (tertiary/aromatic N) is 1. The maximum absolute atomic E-state index is 6.24. The first kappa shape index (κ1) is 13.3. The van der Waals surface area contributed by atoms with Crippen LogP contribution in [0.5, 0.6) is 0 Å². The molecule has 17 heavy (non-hydrogen) atoms. The average Bonchev–Trinajstić information content (AvgIpc) is 2.63. The Morgan fingerprint density at radius 1 is 1.47 bits per heavy atom. The highest BCUT2D eigenvalue weighted by molar-refractivity contribution is 9.09. The van der Waals surface area contributed by atoms with Gasteiger partial charge in [0.25, 0.3) is 0 Å². The van der Waals surface area contributed by atoms with Crippen LogP contribution in [0.1, 0.15) is 20.8 Å². The van der Waals surface area contributed by atoms with Gasteiger partial charge in [0, 0.05) is 17.3 Å². The molecule has 0 aromatic carbocycles. The van der Waals surface area contributed by atoms with Gasteiger partial charge in [-0.1, -0.05) is 39.1 Å². The summed E-state index contributed by atoms with van der Waals surface area (Å²) in [6, 6.07) is 1.94. The van der Waals surface area contributed by atoms with Crippen LogP contribution in [0, 0.1) is 6.92 Å². The van der Waals surface area contributed by atoms with Crippen LogP contribution in [0.25, 0.3) is 0 Å². The first-order chi connectivity index (χ1) is 8.09. The van der Waals surface area contributed by atoms with E-state index in [4.69, 9.17) is 23.2 Å². The molecule has 0 spiro atoms. The molecule has 2 aromatic heterocycles. The smallest absolute Gasteiger partial charge is 0.0621 e. The SMILES string of the molecule is Cc1csc(C(Br)Cc2ccncc2Cl)c1Cl. The van der Waals surface area contributed by atoms with Crippen molar-refractivity contribution in [2.75, 3.05) is 0 Å². The molecule has 0 bridgehead atoms. The van der Waals surface area contributed by atoms with E-state index in [-0.39, 0.29) is 4.83 Å². The molecule has 1 atom stereocenters. The second-order valence-electron chi connectivity index (χ2n) is 3.74. The van der Waals surface area contributed by atoms with Gasteiger partial charge in [0.05, 0.1) is 14.9 Å². The van der Waals surface area contributed by atoms with Gasteiger partial charge in [-0.3, -0.25) is 4.98 Å². The summed E-state index contributed by atoms with van der Waals surface area (Å²) in [5.41, 5.74) is 2.20. The molecule has 0 saturated heterocycles. The van der Waals surface area contributed by atoms with E-state index < -0.39 is 0 Å². The van der Waals surface area contributed by atoms with E-state index in [1.807, 2.05) is 13.0 Å². The summed E-state index contributed by atoms with van der Waals surface area (Å²) < 4.78 is 0. The van der Waals surface area contributed by atoms with E-state index in [2.05, 4.69) is 26.3 Å². The zero-order chi connectivity index (χ0) is 12.4. The lowest BCUT2D eigenvalue weighted by Crippen LogP contribution is -1.95. The van der Waals surface area contributed by atoms with Crippen molar-refractivity contribution >= 4 is 50.5 Å². The van der Waals surface area contributed by atoms with Crippen LogP contribution in [-0.4, -0.2) is 4.98 Å². The topological polar surface area (TPSA) is 12.9 Å². The fraction of sp³-hybridized carbons (Fsp3) is 0.250. The Morgan fingerprint density at radius 3 is 2.82 bits per heavy atom. The number of hydrogen-bond acceptors (Lipinski definition) is 2. The van der Waals surface area contributed by atoms with Crippen molar-refractivity contribution in [2.45, 2.75) is 18.2 Å². The fourth-order valence-electron chi connectivity index (χ4n) is 1.52. The minimum Gasteiger partial charge on any atom is -0.263 e. The number of alkyl halides is 1. The molecule has 2 aromatic rings. The van der Waals surface area contributed by atoms with Crippen molar-refractivity contribution in [1.29, 1.82) is 0 Å². The quantitative estimate of drug-likeness (QED) is 0.672. The number of rotatable bonds is 3. The van der Waals surface area contributed by atoms with Gasteiger partial charge in [-0.15, -0.1) is 11.3 Å². The van der Waals surface area contributed by atoms with Crippen LogP contribution in [0.2, 0.25) is 10.0 Å². The van der Waals surface area contributed by atoms with Crippen molar-refractivity contribution in [3.8, 4) is 0 Å². The van der Waals surface area contributed by atoms with Gasteiger partial charge in [0.1, 0.15) is 0 Å². The van der Waals surface area contributed by atoms with Gasteiger partial charge in [0.2, 0.25) is 0 Å². The summed E-state index contributed by atoms with van der Waals surface area (Å²) in [6.07, 6.45) is 4.22. The lowest BCUT2D eigenvalue weighted by atomic mass is 10.1. The third-order valence-corrected chi connectivity index (χ3v) is 5.72. The molecule has 0 aliphatic rings. The number of aryl methyl sites for hydroxylation is 1. The zero-order valence-corrected chi connectivity index (χ0v) is 13.0. The van der Waals surface area contributed by atoms with Crippen LogP contribution in [0.4, 0.5) is 0 Å². The summed E-state index contributed by atoms with van der Waals surface area (Å²) >= 11 is 17.7. The minimum absolute atomic E-state index is 0.189. The van der Waals surface area contributed by atoms with Crippen molar-refractivity contribution < 1.29 is 0 Å². The standard InChI is InChI=1S/C12H10BrCl2NS/c1-7-6-17-12(11(7)15)9(13)4-8-2-3-16-5-10(8)14/h2-3,5-6,9H,4H2,1H3. The molecule has 0 aliphatic heterocycles. The second-order valence-corrected chi connectivity index (χ2v) is 6.54. The molecule has 0 N–H and O–H groups in total. The van der Waals surface area contributed by atoms with Gasteiger partial charge >= 0.3 is 0 Å². The molecule has 2 rings (SSSR count). The molecule has 0 fully saturated rings. The van der Waals surface area contributed by atoms with Crippen LogP contribution >= 0.6 is 50.5 Å². The van der Waals surface area contributed by atoms with Gasteiger partial charge < -0.3 is 0 Å². The van der Waals surface area contributed by atoms with E-state index in [9.17, 15) is 0 Å². The normalized spacial score (nSPS) is 12.7. The molecule has 90 valence electrons. The number of halogens is 3. The maximum atomic E-state index is 6.24. The van der Waals surface area contributed by atoms with E-state index in [0.29, 0.717) is 5.02 Å². The highest BCUT2D eigenvalue weighted by Gasteiger charge is 2.16. The predicted octanol–water partition coefficient (Wildman–Crippen LogP) is 5.44. The van der Waals surface area contributed by atoms with E-state index >= 15 is 0 Å². The molecule has 2 heterocycles. The van der Waals surface area contributed by atoms with E-state index in [1.54, 1.807) is 23.7 Å². The molecule has 1 nitrogen and oxygen atoms in total. The second kappa shape index (κ2) is 5.70. The van der Waals surface area contributed by atoms with E-state index in [0.717, 1.165) is 27.4 Å². The van der Waals surface area contributed by atoms with Gasteiger partial charge in [-0.2, -0.15) is 0 Å². The molecule has 0 saturated carbocycles. The summed E-state index contributed by atoms with van der Waals surface area (Å²) in [4.78, 5) is 5.31. The molecule has 5 heteroatoms. The van der Waals surface area contributed by atoms with Crippen molar-refractivity contribution in [3.05, 3.63) is 49.9 Å². The monoisotopic (exact) mass is 349 g/mol. The largest absolute Gasteiger partial charge is 0.263 e. The molecule has 0 amide bonds.